The van der Waals surface area contributed by atoms with E-state index in [1.807, 2.05) is 0 Å². The summed E-state index contributed by atoms with van der Waals surface area (Å²) in [5.41, 5.74) is -0.941. The number of Topliss-reactive ketones (excluding diaryl/α,β-unsaturated/α-hetero) is 1. The number of alkyl halides is 3. The fourth-order valence-electron chi connectivity index (χ4n) is 3.54. The number of fused-ring (bicyclic) bond motifs is 2. The molecule has 0 saturated heterocycles. The van der Waals surface area contributed by atoms with E-state index in [2.05, 4.69) is 4.98 Å². The Morgan fingerprint density at radius 3 is 2.50 bits per heavy atom. The molecule has 0 spiro atoms. The van der Waals surface area contributed by atoms with Gasteiger partial charge in [0.05, 0.1) is 5.56 Å². The van der Waals surface area contributed by atoms with Crippen LogP contribution < -0.4 is 0 Å². The van der Waals surface area contributed by atoms with E-state index in [-0.39, 0.29) is 22.4 Å². The van der Waals surface area contributed by atoms with Crippen LogP contribution >= 0.6 is 11.6 Å². The molecule has 1 aromatic rings. The number of aromatic nitrogens is 1. The van der Waals surface area contributed by atoms with E-state index >= 15 is 0 Å². The molecule has 0 radical (unpaired) electrons. The van der Waals surface area contributed by atoms with E-state index in [1.54, 1.807) is 0 Å². The van der Waals surface area contributed by atoms with Gasteiger partial charge < -0.3 is 0 Å². The molecule has 3 rings (SSSR count). The third kappa shape index (κ3) is 2.32. The van der Waals surface area contributed by atoms with Crippen LogP contribution in [-0.2, 0) is 6.18 Å². The second-order valence-corrected chi connectivity index (χ2v) is 6.04. The van der Waals surface area contributed by atoms with E-state index in [0.29, 0.717) is 11.8 Å². The van der Waals surface area contributed by atoms with Crippen LogP contribution in [0.5, 0.6) is 0 Å². The summed E-state index contributed by atoms with van der Waals surface area (Å²) >= 11 is 5.78. The van der Waals surface area contributed by atoms with Crippen LogP contribution in [0.4, 0.5) is 13.2 Å². The molecule has 3 atom stereocenters. The van der Waals surface area contributed by atoms with Gasteiger partial charge in [0.2, 0.25) is 0 Å². The Labute approximate surface area is 119 Å². The summed E-state index contributed by atoms with van der Waals surface area (Å²) in [4.78, 5) is 15.7. The lowest BCUT2D eigenvalue weighted by molar-refractivity contribution is -0.141. The van der Waals surface area contributed by atoms with Crippen LogP contribution in [0.25, 0.3) is 0 Å². The van der Waals surface area contributed by atoms with Gasteiger partial charge in [0.25, 0.3) is 0 Å². The van der Waals surface area contributed by atoms with Gasteiger partial charge in [-0.1, -0.05) is 18.0 Å². The summed E-state index contributed by atoms with van der Waals surface area (Å²) in [7, 11) is 0. The summed E-state index contributed by atoms with van der Waals surface area (Å²) in [6, 6.07) is 1.98. The van der Waals surface area contributed by atoms with Gasteiger partial charge in [-0.25, -0.2) is 4.98 Å². The largest absolute Gasteiger partial charge is 0.433 e. The maximum atomic E-state index is 12.5. The van der Waals surface area contributed by atoms with Gasteiger partial charge in [-0.15, -0.1) is 0 Å². The van der Waals surface area contributed by atoms with Gasteiger partial charge in [0.15, 0.2) is 5.78 Å². The molecule has 20 heavy (non-hydrogen) atoms. The molecule has 108 valence electrons. The number of nitrogens with zero attached hydrogens (tertiary/aromatic N) is 1. The summed E-state index contributed by atoms with van der Waals surface area (Å²) in [6.45, 7) is 0. The number of pyridine rings is 1. The molecule has 0 aromatic carbocycles. The maximum absolute atomic E-state index is 12.5. The molecule has 0 amide bonds. The van der Waals surface area contributed by atoms with Crippen LogP contribution in [0, 0.1) is 17.8 Å². The monoisotopic (exact) mass is 303 g/mol. The standard InChI is InChI=1S/C14H13ClF3NO/c15-13-9(3-4-11(19-13)14(16,17)18)12(20)10-6-7-1-2-8(10)5-7/h3-4,7-8,10H,1-2,5-6H2. The molecule has 2 fully saturated rings. The van der Waals surface area contributed by atoms with Crippen LogP contribution in [0.3, 0.4) is 0 Å². The highest BCUT2D eigenvalue weighted by Crippen LogP contribution is 2.49. The molecular formula is C14H13ClF3NO. The lowest BCUT2D eigenvalue weighted by Gasteiger charge is -2.20. The minimum absolute atomic E-state index is 0.0928. The second-order valence-electron chi connectivity index (χ2n) is 5.68. The molecule has 1 heterocycles. The highest BCUT2D eigenvalue weighted by molar-refractivity contribution is 6.32. The topological polar surface area (TPSA) is 30.0 Å². The van der Waals surface area contributed by atoms with Crippen molar-refractivity contribution in [2.45, 2.75) is 31.9 Å². The third-order valence-electron chi connectivity index (χ3n) is 4.48. The van der Waals surface area contributed by atoms with Crippen molar-refractivity contribution in [2.75, 3.05) is 0 Å². The average Bonchev–Trinajstić information content (AvgIpc) is 2.99. The van der Waals surface area contributed by atoms with Crippen molar-refractivity contribution in [1.29, 1.82) is 0 Å². The van der Waals surface area contributed by atoms with Crippen molar-refractivity contribution in [2.24, 2.45) is 17.8 Å². The van der Waals surface area contributed by atoms with Crippen molar-refractivity contribution < 1.29 is 18.0 Å². The summed E-state index contributed by atoms with van der Waals surface area (Å²) < 4.78 is 37.6. The second kappa shape index (κ2) is 4.72. The number of hydrogen-bond donors (Lipinski definition) is 0. The zero-order valence-corrected chi connectivity index (χ0v) is 11.3. The number of hydrogen-bond acceptors (Lipinski definition) is 2. The average molecular weight is 304 g/mol. The highest BCUT2D eigenvalue weighted by Gasteiger charge is 2.44. The first-order valence-corrected chi connectivity index (χ1v) is 7.02. The Balaban J connectivity index is 1.85. The number of ketones is 1. The summed E-state index contributed by atoms with van der Waals surface area (Å²) in [5, 5.41) is -0.340. The minimum Gasteiger partial charge on any atom is -0.294 e. The molecule has 3 unspecified atom stereocenters. The minimum atomic E-state index is -4.54. The van der Waals surface area contributed by atoms with Crippen LogP contribution in [0.1, 0.15) is 41.7 Å². The molecule has 2 nitrogen and oxygen atoms in total. The third-order valence-corrected chi connectivity index (χ3v) is 4.77. The van der Waals surface area contributed by atoms with Gasteiger partial charge in [-0.3, -0.25) is 4.79 Å². The van der Waals surface area contributed by atoms with Crippen LogP contribution in [0.15, 0.2) is 12.1 Å². The molecule has 2 bridgehead atoms. The Hall–Kier alpha value is -1.10. The van der Waals surface area contributed by atoms with Crippen molar-refractivity contribution >= 4 is 17.4 Å². The zero-order chi connectivity index (χ0) is 14.5. The van der Waals surface area contributed by atoms with Gasteiger partial charge >= 0.3 is 6.18 Å². The summed E-state index contributed by atoms with van der Waals surface area (Å²) in [6.07, 6.45) is -0.458. The van der Waals surface area contributed by atoms with Crippen molar-refractivity contribution in [3.05, 3.63) is 28.5 Å². The van der Waals surface area contributed by atoms with E-state index < -0.39 is 11.9 Å². The zero-order valence-electron chi connectivity index (χ0n) is 10.6. The first kappa shape index (κ1) is 13.9. The molecular weight excluding hydrogens is 291 g/mol. The van der Waals surface area contributed by atoms with Gasteiger partial charge in [0.1, 0.15) is 10.8 Å². The number of carbonyl (C=O) groups is 1. The van der Waals surface area contributed by atoms with Gasteiger partial charge in [-0.2, -0.15) is 13.2 Å². The van der Waals surface area contributed by atoms with Crippen LogP contribution in [-0.4, -0.2) is 10.8 Å². The number of carbonyl (C=O) groups excluding carboxylic acids is 1. The smallest absolute Gasteiger partial charge is 0.294 e. The maximum Gasteiger partial charge on any atom is 0.433 e. The van der Waals surface area contributed by atoms with E-state index in [1.165, 1.54) is 0 Å². The Bertz CT molecular complexity index is 558. The quantitative estimate of drug-likeness (QED) is 0.600. The molecule has 0 N–H and O–H groups in total. The molecule has 2 aliphatic rings. The molecule has 2 saturated carbocycles. The number of rotatable bonds is 2. The normalized spacial score (nSPS) is 28.9. The first-order valence-electron chi connectivity index (χ1n) is 6.64. The fraction of sp³-hybridized carbons (Fsp3) is 0.571. The van der Waals surface area contributed by atoms with E-state index in [0.717, 1.165) is 37.8 Å². The lowest BCUT2D eigenvalue weighted by Crippen LogP contribution is -2.22. The predicted octanol–water partition coefficient (Wildman–Crippen LogP) is 4.37. The SMILES string of the molecule is O=C(c1ccc(C(F)(F)F)nc1Cl)C1CC2CCC1C2. The molecule has 1 aromatic heterocycles. The van der Waals surface area contributed by atoms with Crippen molar-refractivity contribution in [3.8, 4) is 0 Å². The Kier molecular flexibility index (Phi) is 3.27. The van der Waals surface area contributed by atoms with Gasteiger partial charge in [-0.05, 0) is 43.2 Å². The Morgan fingerprint density at radius 1 is 1.25 bits per heavy atom. The fourth-order valence-corrected chi connectivity index (χ4v) is 3.79. The van der Waals surface area contributed by atoms with E-state index in [4.69, 9.17) is 11.6 Å². The molecule has 0 aliphatic heterocycles. The van der Waals surface area contributed by atoms with Gasteiger partial charge in [0, 0.05) is 5.92 Å². The summed E-state index contributed by atoms with van der Waals surface area (Å²) in [5.74, 6) is 0.717. The molecule has 2 aliphatic carbocycles. The number of halogens is 4. The Morgan fingerprint density at radius 2 is 2.00 bits per heavy atom. The van der Waals surface area contributed by atoms with Crippen molar-refractivity contribution in [3.63, 3.8) is 0 Å². The predicted molar refractivity (Wildman–Crippen MR) is 67.5 cm³/mol. The highest BCUT2D eigenvalue weighted by atomic mass is 35.5. The molecule has 6 heteroatoms. The van der Waals surface area contributed by atoms with E-state index in [9.17, 15) is 18.0 Å². The van der Waals surface area contributed by atoms with Crippen LogP contribution in [0.2, 0.25) is 5.15 Å². The van der Waals surface area contributed by atoms with Crippen molar-refractivity contribution in [1.82, 2.24) is 4.98 Å². The first-order chi connectivity index (χ1) is 9.36. The lowest BCUT2D eigenvalue weighted by atomic mass is 9.83.